The van der Waals surface area contributed by atoms with Gasteiger partial charge in [0.25, 0.3) is 10.0 Å². The fourth-order valence-corrected chi connectivity index (χ4v) is 4.64. The maximum absolute atomic E-state index is 12.6. The topological polar surface area (TPSA) is 37.4 Å². The largest absolute Gasteiger partial charge is 0.273 e. The minimum atomic E-state index is -3.51. The summed E-state index contributed by atoms with van der Waals surface area (Å²) in [5.74, 6) is 0. The van der Waals surface area contributed by atoms with Crippen molar-refractivity contribution in [2.45, 2.75) is 18.1 Å². The molecular formula is C13H14ClNO2S2. The molecule has 1 aromatic carbocycles. The molecule has 0 saturated carbocycles. The number of hydrogen-bond acceptors (Lipinski definition) is 3. The first-order valence-corrected chi connectivity index (χ1v) is 8.49. The Labute approximate surface area is 122 Å². The number of anilines is 1. The zero-order valence-electron chi connectivity index (χ0n) is 10.6. The van der Waals surface area contributed by atoms with E-state index in [0.717, 1.165) is 5.56 Å². The van der Waals surface area contributed by atoms with Crippen LogP contribution >= 0.6 is 22.9 Å². The molecule has 0 aliphatic rings. The van der Waals surface area contributed by atoms with Gasteiger partial charge in [0.2, 0.25) is 0 Å². The maximum Gasteiger partial charge on any atom is 0.273 e. The van der Waals surface area contributed by atoms with Gasteiger partial charge in [0, 0.05) is 11.6 Å². The summed E-state index contributed by atoms with van der Waals surface area (Å²) in [4.78, 5) is 0. The first kappa shape index (κ1) is 14.4. The van der Waals surface area contributed by atoms with Gasteiger partial charge in [-0.05, 0) is 43.0 Å². The number of rotatable bonds is 4. The lowest BCUT2D eigenvalue weighted by atomic mass is 10.2. The highest BCUT2D eigenvalue weighted by Gasteiger charge is 2.25. The van der Waals surface area contributed by atoms with Crippen LogP contribution < -0.4 is 4.31 Å². The molecule has 19 heavy (non-hydrogen) atoms. The first-order valence-electron chi connectivity index (χ1n) is 5.79. The van der Waals surface area contributed by atoms with E-state index in [-0.39, 0.29) is 0 Å². The predicted molar refractivity (Wildman–Crippen MR) is 80.7 cm³/mol. The summed E-state index contributed by atoms with van der Waals surface area (Å²) >= 11 is 7.19. The Morgan fingerprint density at radius 2 is 2.05 bits per heavy atom. The number of aryl methyl sites for hydroxylation is 1. The van der Waals surface area contributed by atoms with Gasteiger partial charge in [0.1, 0.15) is 4.21 Å². The van der Waals surface area contributed by atoms with Crippen molar-refractivity contribution in [3.8, 4) is 0 Å². The summed E-state index contributed by atoms with van der Waals surface area (Å²) in [6.07, 6.45) is 0. The summed E-state index contributed by atoms with van der Waals surface area (Å²) in [6.45, 7) is 4.05. The molecule has 2 rings (SSSR count). The lowest BCUT2D eigenvalue weighted by Gasteiger charge is -2.24. The molecule has 0 atom stereocenters. The molecule has 0 bridgehead atoms. The van der Waals surface area contributed by atoms with Crippen LogP contribution in [0.3, 0.4) is 0 Å². The molecule has 102 valence electrons. The van der Waals surface area contributed by atoms with E-state index in [1.54, 1.807) is 29.6 Å². The number of nitrogens with zero attached hydrogens (tertiary/aromatic N) is 1. The van der Waals surface area contributed by atoms with Crippen molar-refractivity contribution in [1.82, 2.24) is 0 Å². The van der Waals surface area contributed by atoms with E-state index in [1.165, 1.54) is 15.6 Å². The van der Waals surface area contributed by atoms with Crippen LogP contribution in [-0.2, 0) is 10.0 Å². The first-order chi connectivity index (χ1) is 8.96. The van der Waals surface area contributed by atoms with Crippen LogP contribution in [0.5, 0.6) is 0 Å². The number of thiophene rings is 1. The molecule has 1 heterocycles. The highest BCUT2D eigenvalue weighted by atomic mass is 35.5. The second-order valence-corrected chi connectivity index (χ2v) is 7.51. The van der Waals surface area contributed by atoms with Crippen molar-refractivity contribution in [2.24, 2.45) is 0 Å². The van der Waals surface area contributed by atoms with Crippen molar-refractivity contribution in [1.29, 1.82) is 0 Å². The Bertz CT molecular complexity index is 666. The molecule has 0 saturated heterocycles. The quantitative estimate of drug-likeness (QED) is 0.857. The molecule has 0 aliphatic heterocycles. The molecule has 0 fully saturated rings. The van der Waals surface area contributed by atoms with Crippen LogP contribution in [0.25, 0.3) is 0 Å². The Hall–Kier alpha value is -1.04. The summed E-state index contributed by atoms with van der Waals surface area (Å²) in [5, 5.41) is 2.28. The van der Waals surface area contributed by atoms with E-state index in [1.807, 2.05) is 19.9 Å². The highest BCUT2D eigenvalue weighted by molar-refractivity contribution is 7.94. The average molecular weight is 316 g/mol. The Kier molecular flexibility index (Phi) is 4.18. The Morgan fingerprint density at radius 3 is 2.63 bits per heavy atom. The Balaban J connectivity index is 2.54. The Morgan fingerprint density at radius 1 is 1.32 bits per heavy atom. The molecule has 0 spiro atoms. The monoisotopic (exact) mass is 315 g/mol. The van der Waals surface area contributed by atoms with Gasteiger partial charge in [-0.15, -0.1) is 11.3 Å². The third-order valence-electron chi connectivity index (χ3n) is 2.77. The maximum atomic E-state index is 12.6. The smallest absolute Gasteiger partial charge is 0.266 e. The second kappa shape index (κ2) is 5.53. The number of benzene rings is 1. The molecule has 0 unspecified atom stereocenters. The molecular weight excluding hydrogens is 302 g/mol. The van der Waals surface area contributed by atoms with Crippen LogP contribution in [-0.4, -0.2) is 15.0 Å². The number of hydrogen-bond donors (Lipinski definition) is 0. The van der Waals surface area contributed by atoms with Gasteiger partial charge >= 0.3 is 0 Å². The van der Waals surface area contributed by atoms with Gasteiger partial charge in [0.15, 0.2) is 0 Å². The van der Waals surface area contributed by atoms with Crippen molar-refractivity contribution in [3.63, 3.8) is 0 Å². The zero-order chi connectivity index (χ0) is 14.0. The summed E-state index contributed by atoms with van der Waals surface area (Å²) in [6, 6.07) is 8.61. The van der Waals surface area contributed by atoms with E-state index >= 15 is 0 Å². The highest BCUT2D eigenvalue weighted by Crippen LogP contribution is 2.30. The predicted octanol–water partition coefficient (Wildman–Crippen LogP) is 3.93. The molecule has 3 nitrogen and oxygen atoms in total. The van der Waals surface area contributed by atoms with Crippen LogP contribution in [0.2, 0.25) is 5.02 Å². The van der Waals surface area contributed by atoms with E-state index < -0.39 is 10.0 Å². The van der Waals surface area contributed by atoms with Gasteiger partial charge in [-0.2, -0.15) is 0 Å². The van der Waals surface area contributed by atoms with Crippen molar-refractivity contribution >= 4 is 38.6 Å². The minimum absolute atomic E-state index is 0.341. The molecule has 0 N–H and O–H groups in total. The molecule has 6 heteroatoms. The van der Waals surface area contributed by atoms with E-state index in [2.05, 4.69) is 0 Å². The van der Waals surface area contributed by atoms with E-state index in [0.29, 0.717) is 21.5 Å². The van der Waals surface area contributed by atoms with E-state index in [9.17, 15) is 8.42 Å². The second-order valence-electron chi connectivity index (χ2n) is 4.03. The number of sulfonamides is 1. The summed E-state index contributed by atoms with van der Waals surface area (Å²) in [5.41, 5.74) is 1.51. The van der Waals surface area contributed by atoms with Crippen molar-refractivity contribution in [3.05, 3.63) is 46.3 Å². The van der Waals surface area contributed by atoms with Crippen molar-refractivity contribution in [2.75, 3.05) is 10.8 Å². The van der Waals surface area contributed by atoms with Gasteiger partial charge in [-0.25, -0.2) is 8.42 Å². The summed E-state index contributed by atoms with van der Waals surface area (Å²) in [7, 11) is -3.51. The summed E-state index contributed by atoms with van der Waals surface area (Å²) < 4.78 is 26.9. The standard InChI is InChI=1S/C13H14ClNO2S2/c1-3-15(12-9-11(14)7-6-10(12)2)19(16,17)13-5-4-8-18-13/h4-9H,3H2,1-2H3. The van der Waals surface area contributed by atoms with Gasteiger partial charge in [-0.1, -0.05) is 23.7 Å². The zero-order valence-corrected chi connectivity index (χ0v) is 13.0. The fourth-order valence-electron chi connectivity index (χ4n) is 1.84. The average Bonchev–Trinajstić information content (AvgIpc) is 2.88. The molecule has 0 aliphatic carbocycles. The fraction of sp³-hybridized carbons (Fsp3) is 0.231. The third-order valence-corrected chi connectivity index (χ3v) is 6.26. The van der Waals surface area contributed by atoms with E-state index in [4.69, 9.17) is 11.6 Å². The lowest BCUT2D eigenvalue weighted by Crippen LogP contribution is -2.30. The van der Waals surface area contributed by atoms with Crippen molar-refractivity contribution < 1.29 is 8.42 Å². The molecule has 0 radical (unpaired) electrons. The number of halogens is 1. The minimum Gasteiger partial charge on any atom is -0.266 e. The van der Waals surface area contributed by atoms with Gasteiger partial charge in [0.05, 0.1) is 5.69 Å². The normalized spacial score (nSPS) is 11.5. The van der Waals surface area contributed by atoms with Gasteiger partial charge in [-0.3, -0.25) is 4.31 Å². The van der Waals surface area contributed by atoms with Crippen LogP contribution in [0.4, 0.5) is 5.69 Å². The molecule has 2 aromatic rings. The van der Waals surface area contributed by atoms with Crippen LogP contribution in [0.1, 0.15) is 12.5 Å². The third kappa shape index (κ3) is 2.78. The SMILES string of the molecule is CCN(c1cc(Cl)ccc1C)S(=O)(=O)c1cccs1. The lowest BCUT2D eigenvalue weighted by molar-refractivity contribution is 0.594. The van der Waals surface area contributed by atoms with Crippen LogP contribution in [0.15, 0.2) is 39.9 Å². The molecule has 0 amide bonds. The van der Waals surface area contributed by atoms with Crippen LogP contribution in [0, 0.1) is 6.92 Å². The van der Waals surface area contributed by atoms with Gasteiger partial charge < -0.3 is 0 Å². The molecule has 1 aromatic heterocycles.